The number of esters is 1. The standard InChI is InChI=1S/C12H15ClN2O3/c1-3-15(7-6-11(16)18-2)12(17)9-4-5-10(13)14-8-9/h4-5,8H,3,6-7H2,1-2H3. The molecular weight excluding hydrogens is 256 g/mol. The summed E-state index contributed by atoms with van der Waals surface area (Å²) >= 11 is 5.65. The van der Waals surface area contributed by atoms with E-state index in [0.29, 0.717) is 23.8 Å². The van der Waals surface area contributed by atoms with Gasteiger partial charge in [0.05, 0.1) is 19.1 Å². The smallest absolute Gasteiger partial charge is 0.307 e. The van der Waals surface area contributed by atoms with E-state index in [4.69, 9.17) is 11.6 Å². The maximum atomic E-state index is 12.1. The second kappa shape index (κ2) is 6.96. The van der Waals surface area contributed by atoms with Gasteiger partial charge in [-0.1, -0.05) is 11.6 Å². The van der Waals surface area contributed by atoms with E-state index < -0.39 is 0 Å². The van der Waals surface area contributed by atoms with Crippen LogP contribution in [-0.2, 0) is 9.53 Å². The van der Waals surface area contributed by atoms with Crippen molar-refractivity contribution >= 4 is 23.5 Å². The number of amides is 1. The summed E-state index contributed by atoms with van der Waals surface area (Å²) in [6.45, 7) is 2.68. The van der Waals surface area contributed by atoms with Gasteiger partial charge in [0.2, 0.25) is 0 Å². The van der Waals surface area contributed by atoms with Crippen LogP contribution in [0.4, 0.5) is 0 Å². The highest BCUT2D eigenvalue weighted by molar-refractivity contribution is 6.29. The molecule has 6 heteroatoms. The molecule has 0 aliphatic rings. The van der Waals surface area contributed by atoms with E-state index in [0.717, 1.165) is 0 Å². The first kappa shape index (κ1) is 14.4. The van der Waals surface area contributed by atoms with E-state index in [1.807, 2.05) is 6.92 Å². The van der Waals surface area contributed by atoms with Crippen LogP contribution in [0.2, 0.25) is 5.15 Å². The third-order valence-electron chi connectivity index (χ3n) is 2.46. The summed E-state index contributed by atoms with van der Waals surface area (Å²) in [4.78, 5) is 28.5. The van der Waals surface area contributed by atoms with E-state index >= 15 is 0 Å². The lowest BCUT2D eigenvalue weighted by Crippen LogP contribution is -2.33. The number of nitrogens with zero attached hydrogens (tertiary/aromatic N) is 2. The van der Waals surface area contributed by atoms with E-state index in [1.54, 1.807) is 17.0 Å². The number of aromatic nitrogens is 1. The second-order valence-corrected chi connectivity index (χ2v) is 3.97. The Kier molecular flexibility index (Phi) is 5.58. The summed E-state index contributed by atoms with van der Waals surface area (Å²) in [6.07, 6.45) is 1.60. The van der Waals surface area contributed by atoms with Crippen molar-refractivity contribution in [2.24, 2.45) is 0 Å². The highest BCUT2D eigenvalue weighted by Gasteiger charge is 2.15. The van der Waals surface area contributed by atoms with Gasteiger partial charge < -0.3 is 9.64 Å². The third kappa shape index (κ3) is 4.00. The zero-order valence-corrected chi connectivity index (χ0v) is 11.1. The Morgan fingerprint density at radius 3 is 2.67 bits per heavy atom. The normalized spacial score (nSPS) is 9.94. The van der Waals surface area contributed by atoms with E-state index in [1.165, 1.54) is 13.3 Å². The van der Waals surface area contributed by atoms with Gasteiger partial charge in [-0.3, -0.25) is 9.59 Å². The van der Waals surface area contributed by atoms with Crippen molar-refractivity contribution in [1.82, 2.24) is 9.88 Å². The maximum Gasteiger partial charge on any atom is 0.307 e. The predicted molar refractivity (Wildman–Crippen MR) is 67.5 cm³/mol. The lowest BCUT2D eigenvalue weighted by molar-refractivity contribution is -0.140. The van der Waals surface area contributed by atoms with Crippen molar-refractivity contribution in [3.05, 3.63) is 29.0 Å². The summed E-state index contributed by atoms with van der Waals surface area (Å²) in [7, 11) is 1.32. The Morgan fingerprint density at radius 2 is 2.17 bits per heavy atom. The van der Waals surface area contributed by atoms with Gasteiger partial charge in [-0.05, 0) is 19.1 Å². The third-order valence-corrected chi connectivity index (χ3v) is 2.68. The minimum absolute atomic E-state index is 0.175. The van der Waals surface area contributed by atoms with Crippen molar-refractivity contribution in [1.29, 1.82) is 0 Å². The zero-order valence-electron chi connectivity index (χ0n) is 10.4. The number of hydrogen-bond acceptors (Lipinski definition) is 4. The molecule has 98 valence electrons. The van der Waals surface area contributed by atoms with Crippen LogP contribution in [-0.4, -0.2) is 42.0 Å². The molecule has 0 bridgehead atoms. The van der Waals surface area contributed by atoms with Gasteiger partial charge in [0.1, 0.15) is 5.15 Å². The van der Waals surface area contributed by atoms with Crippen LogP contribution in [0.25, 0.3) is 0 Å². The van der Waals surface area contributed by atoms with Crippen LogP contribution in [0.5, 0.6) is 0 Å². The van der Waals surface area contributed by atoms with E-state index in [-0.39, 0.29) is 18.3 Å². The summed E-state index contributed by atoms with van der Waals surface area (Å²) in [6, 6.07) is 3.17. The fourth-order valence-corrected chi connectivity index (χ4v) is 1.53. The highest BCUT2D eigenvalue weighted by atomic mass is 35.5. The minimum Gasteiger partial charge on any atom is -0.469 e. The number of ether oxygens (including phenoxy) is 1. The number of carbonyl (C=O) groups is 2. The summed E-state index contributed by atoms with van der Waals surface area (Å²) in [5.74, 6) is -0.513. The molecule has 5 nitrogen and oxygen atoms in total. The number of carbonyl (C=O) groups excluding carboxylic acids is 2. The van der Waals surface area contributed by atoms with Gasteiger partial charge in [0.25, 0.3) is 5.91 Å². The van der Waals surface area contributed by atoms with Crippen molar-refractivity contribution in [3.8, 4) is 0 Å². The van der Waals surface area contributed by atoms with Gasteiger partial charge in [0, 0.05) is 19.3 Å². The SMILES string of the molecule is CCN(CCC(=O)OC)C(=O)c1ccc(Cl)nc1. The highest BCUT2D eigenvalue weighted by Crippen LogP contribution is 2.08. The molecule has 0 radical (unpaired) electrons. The van der Waals surface area contributed by atoms with Gasteiger partial charge in [0.15, 0.2) is 0 Å². The van der Waals surface area contributed by atoms with Crippen LogP contribution in [0.1, 0.15) is 23.7 Å². The Hall–Kier alpha value is -1.62. The first-order valence-corrected chi connectivity index (χ1v) is 5.94. The van der Waals surface area contributed by atoms with E-state index in [2.05, 4.69) is 9.72 Å². The van der Waals surface area contributed by atoms with Crippen molar-refractivity contribution in [2.45, 2.75) is 13.3 Å². The molecule has 1 amide bonds. The van der Waals surface area contributed by atoms with Gasteiger partial charge >= 0.3 is 5.97 Å². The molecule has 0 aliphatic heterocycles. The molecule has 0 unspecified atom stereocenters. The maximum absolute atomic E-state index is 12.1. The number of methoxy groups -OCH3 is 1. The zero-order chi connectivity index (χ0) is 13.5. The Labute approximate surface area is 111 Å². The molecule has 1 aromatic heterocycles. The summed E-state index contributed by atoms with van der Waals surface area (Å²) in [5, 5.41) is 0.337. The topological polar surface area (TPSA) is 59.5 Å². The summed E-state index contributed by atoms with van der Waals surface area (Å²) in [5.41, 5.74) is 0.450. The molecule has 18 heavy (non-hydrogen) atoms. The van der Waals surface area contributed by atoms with Crippen LogP contribution < -0.4 is 0 Å². The van der Waals surface area contributed by atoms with E-state index in [9.17, 15) is 9.59 Å². The molecule has 0 saturated heterocycles. The first-order valence-electron chi connectivity index (χ1n) is 5.56. The monoisotopic (exact) mass is 270 g/mol. The van der Waals surface area contributed by atoms with Crippen LogP contribution in [0, 0.1) is 0 Å². The fraction of sp³-hybridized carbons (Fsp3) is 0.417. The second-order valence-electron chi connectivity index (χ2n) is 3.58. The molecular formula is C12H15ClN2O3. The average Bonchev–Trinajstić information content (AvgIpc) is 2.39. The Balaban J connectivity index is 2.67. The molecule has 0 atom stereocenters. The average molecular weight is 271 g/mol. The van der Waals surface area contributed by atoms with Crippen LogP contribution in [0.3, 0.4) is 0 Å². The quantitative estimate of drug-likeness (QED) is 0.604. The molecule has 0 aliphatic carbocycles. The lowest BCUT2D eigenvalue weighted by atomic mass is 10.2. The molecule has 0 aromatic carbocycles. The van der Waals surface area contributed by atoms with Crippen molar-refractivity contribution in [2.75, 3.05) is 20.2 Å². The van der Waals surface area contributed by atoms with Crippen molar-refractivity contribution in [3.63, 3.8) is 0 Å². The predicted octanol–water partition coefficient (Wildman–Crippen LogP) is 1.76. The fourth-order valence-electron chi connectivity index (χ4n) is 1.42. The molecule has 1 heterocycles. The Morgan fingerprint density at radius 1 is 1.44 bits per heavy atom. The summed E-state index contributed by atoms with van der Waals surface area (Å²) < 4.78 is 4.54. The lowest BCUT2D eigenvalue weighted by Gasteiger charge is -2.20. The van der Waals surface area contributed by atoms with Crippen LogP contribution >= 0.6 is 11.6 Å². The first-order chi connectivity index (χ1) is 8.58. The number of hydrogen-bond donors (Lipinski definition) is 0. The van der Waals surface area contributed by atoms with Crippen molar-refractivity contribution < 1.29 is 14.3 Å². The molecule has 1 aromatic rings. The number of rotatable bonds is 5. The largest absolute Gasteiger partial charge is 0.469 e. The minimum atomic E-state index is -0.338. The van der Waals surface area contributed by atoms with Crippen LogP contribution in [0.15, 0.2) is 18.3 Å². The van der Waals surface area contributed by atoms with Gasteiger partial charge in [-0.2, -0.15) is 0 Å². The molecule has 0 saturated carbocycles. The van der Waals surface area contributed by atoms with Gasteiger partial charge in [-0.25, -0.2) is 4.98 Å². The Bertz CT molecular complexity index is 420. The molecule has 0 spiro atoms. The number of pyridine rings is 1. The molecule has 0 N–H and O–H groups in total. The number of halogens is 1. The molecule has 0 fully saturated rings. The molecule has 1 rings (SSSR count). The van der Waals surface area contributed by atoms with Gasteiger partial charge in [-0.15, -0.1) is 0 Å².